The molecular weight excluding hydrogens is 380 g/mol. The average molecular weight is 401 g/mol. The predicted octanol–water partition coefficient (Wildman–Crippen LogP) is 4.42. The van der Waals surface area contributed by atoms with Crippen LogP contribution in [0.2, 0.25) is 0 Å². The fraction of sp³-hybridized carbons (Fsp3) is 0.333. The lowest BCUT2D eigenvalue weighted by atomic mass is 10.1. The van der Waals surface area contributed by atoms with Crippen molar-refractivity contribution in [1.82, 2.24) is 14.8 Å². The summed E-state index contributed by atoms with van der Waals surface area (Å²) < 4.78 is 46.7. The number of hydrogen-bond donors (Lipinski definition) is 0. The van der Waals surface area contributed by atoms with E-state index in [1.54, 1.807) is 35.3 Å². The molecule has 1 aliphatic rings. The van der Waals surface area contributed by atoms with Crippen LogP contribution in [0.3, 0.4) is 0 Å². The maximum Gasteiger partial charge on any atom is 0.215 e. The molecule has 2 atom stereocenters. The van der Waals surface area contributed by atoms with Gasteiger partial charge in [0.2, 0.25) is 5.79 Å². The van der Waals surface area contributed by atoms with Crippen molar-refractivity contribution in [3.63, 3.8) is 0 Å². The van der Waals surface area contributed by atoms with Gasteiger partial charge in [-0.3, -0.25) is 0 Å². The van der Waals surface area contributed by atoms with E-state index in [9.17, 15) is 8.78 Å². The van der Waals surface area contributed by atoms with Gasteiger partial charge in [0.25, 0.3) is 0 Å². The van der Waals surface area contributed by atoms with Gasteiger partial charge in [-0.2, -0.15) is 5.10 Å². The average Bonchev–Trinajstić information content (AvgIpc) is 3.37. The van der Waals surface area contributed by atoms with Crippen LogP contribution in [0.25, 0.3) is 0 Å². The van der Waals surface area contributed by atoms with E-state index in [1.165, 1.54) is 6.33 Å². The molecule has 4 rings (SSSR count). The van der Waals surface area contributed by atoms with Gasteiger partial charge >= 0.3 is 0 Å². The van der Waals surface area contributed by atoms with Crippen molar-refractivity contribution in [2.75, 3.05) is 6.61 Å². The lowest BCUT2D eigenvalue weighted by molar-refractivity contribution is -0.189. The number of halogens is 2. The maximum atomic E-state index is 13.8. The fourth-order valence-corrected chi connectivity index (χ4v) is 3.34. The van der Waals surface area contributed by atoms with Crippen molar-refractivity contribution < 1.29 is 23.0 Å². The zero-order chi connectivity index (χ0) is 20.3. The molecular formula is C21H21F2N3O3. The predicted molar refractivity (Wildman–Crippen MR) is 100 cm³/mol. The van der Waals surface area contributed by atoms with Crippen molar-refractivity contribution in [1.29, 1.82) is 0 Å². The Hall–Kier alpha value is -2.84. The first kappa shape index (κ1) is 19.5. The summed E-state index contributed by atoms with van der Waals surface area (Å²) in [5, 5.41) is 4.16. The molecule has 0 aliphatic carbocycles. The number of rotatable bonds is 7. The Morgan fingerprint density at radius 3 is 2.76 bits per heavy atom. The summed E-state index contributed by atoms with van der Waals surface area (Å²) in [6, 6.07) is 10.00. The second kappa shape index (κ2) is 8.26. The van der Waals surface area contributed by atoms with Gasteiger partial charge in [-0.1, -0.05) is 13.3 Å². The van der Waals surface area contributed by atoms with Crippen LogP contribution in [0.4, 0.5) is 8.78 Å². The first-order valence-electron chi connectivity index (χ1n) is 9.45. The van der Waals surface area contributed by atoms with Crippen molar-refractivity contribution in [3.05, 3.63) is 72.3 Å². The van der Waals surface area contributed by atoms with Crippen LogP contribution in [0.5, 0.6) is 11.5 Å². The molecule has 29 heavy (non-hydrogen) atoms. The van der Waals surface area contributed by atoms with E-state index >= 15 is 0 Å². The number of aromatic nitrogens is 3. The van der Waals surface area contributed by atoms with E-state index in [0.29, 0.717) is 18.9 Å². The summed E-state index contributed by atoms with van der Waals surface area (Å²) in [5.41, 5.74) is 0.777. The minimum Gasteiger partial charge on any atom is -0.454 e. The van der Waals surface area contributed by atoms with E-state index in [4.69, 9.17) is 14.2 Å². The second-order valence-corrected chi connectivity index (χ2v) is 6.89. The van der Waals surface area contributed by atoms with Crippen molar-refractivity contribution in [2.45, 2.75) is 38.2 Å². The Morgan fingerprint density at radius 2 is 2.03 bits per heavy atom. The van der Waals surface area contributed by atoms with E-state index in [2.05, 4.69) is 17.0 Å². The molecule has 3 aromatic rings. The third kappa shape index (κ3) is 4.28. The zero-order valence-corrected chi connectivity index (χ0v) is 15.9. The maximum absolute atomic E-state index is 13.8. The van der Waals surface area contributed by atoms with Crippen LogP contribution < -0.4 is 4.74 Å². The highest BCUT2D eigenvalue weighted by molar-refractivity contribution is 5.35. The molecule has 6 nitrogen and oxygen atoms in total. The summed E-state index contributed by atoms with van der Waals surface area (Å²) in [4.78, 5) is 3.98. The van der Waals surface area contributed by atoms with Crippen LogP contribution in [-0.4, -0.2) is 27.5 Å². The third-order valence-corrected chi connectivity index (χ3v) is 4.72. The van der Waals surface area contributed by atoms with Gasteiger partial charge in [0, 0.05) is 11.6 Å². The Bertz CT molecular complexity index is 950. The van der Waals surface area contributed by atoms with E-state index in [-0.39, 0.29) is 11.9 Å². The molecule has 0 radical (unpaired) electrons. The van der Waals surface area contributed by atoms with Crippen molar-refractivity contribution in [3.8, 4) is 11.5 Å². The highest BCUT2D eigenvalue weighted by Gasteiger charge is 2.43. The quantitative estimate of drug-likeness (QED) is 0.587. The molecule has 8 heteroatoms. The van der Waals surface area contributed by atoms with E-state index in [0.717, 1.165) is 36.6 Å². The molecule has 1 aliphatic heterocycles. The molecule has 1 fully saturated rings. The Kier molecular flexibility index (Phi) is 5.55. The summed E-state index contributed by atoms with van der Waals surface area (Å²) in [6.07, 6.45) is 4.92. The van der Waals surface area contributed by atoms with Gasteiger partial charge in [0.1, 0.15) is 30.8 Å². The first-order valence-corrected chi connectivity index (χ1v) is 9.45. The Morgan fingerprint density at radius 1 is 1.21 bits per heavy atom. The Balaban J connectivity index is 1.57. The standard InChI is InChI=1S/C21H21F2N3O3/c1-2-3-18-11-27-21(29-18,12-26-14-24-13-25-26)15-4-7-17(8-5-15)28-20-10-16(22)6-9-19(20)23/h4-10,13-14,18H,2-3,11-12H2,1H3. The number of hydrogen-bond acceptors (Lipinski definition) is 5. The van der Waals surface area contributed by atoms with Gasteiger partial charge in [-0.05, 0) is 42.8 Å². The smallest absolute Gasteiger partial charge is 0.215 e. The zero-order valence-electron chi connectivity index (χ0n) is 15.9. The van der Waals surface area contributed by atoms with Gasteiger partial charge in [0.05, 0.1) is 12.7 Å². The molecule has 2 heterocycles. The summed E-state index contributed by atoms with van der Waals surface area (Å²) in [6.45, 7) is 2.92. The number of benzene rings is 2. The molecule has 0 spiro atoms. The SMILES string of the molecule is CCCC1COC(Cn2cncn2)(c2ccc(Oc3cc(F)ccc3F)cc2)O1. The topological polar surface area (TPSA) is 58.4 Å². The largest absolute Gasteiger partial charge is 0.454 e. The summed E-state index contributed by atoms with van der Waals surface area (Å²) >= 11 is 0. The molecule has 0 bridgehead atoms. The molecule has 2 aromatic carbocycles. The van der Waals surface area contributed by atoms with Crippen LogP contribution >= 0.6 is 0 Å². The van der Waals surface area contributed by atoms with Crippen LogP contribution in [0.15, 0.2) is 55.1 Å². The lowest BCUT2D eigenvalue weighted by Crippen LogP contribution is -2.33. The van der Waals surface area contributed by atoms with Crippen LogP contribution in [0.1, 0.15) is 25.3 Å². The second-order valence-electron chi connectivity index (χ2n) is 6.89. The van der Waals surface area contributed by atoms with Crippen molar-refractivity contribution >= 4 is 0 Å². The van der Waals surface area contributed by atoms with E-state index < -0.39 is 17.4 Å². The van der Waals surface area contributed by atoms with Crippen LogP contribution in [0, 0.1) is 11.6 Å². The van der Waals surface area contributed by atoms with Gasteiger partial charge in [0.15, 0.2) is 11.6 Å². The molecule has 1 saturated heterocycles. The third-order valence-electron chi connectivity index (χ3n) is 4.72. The minimum atomic E-state index is -1.00. The van der Waals surface area contributed by atoms with E-state index in [1.807, 2.05) is 0 Å². The minimum absolute atomic E-state index is 0.0131. The molecule has 152 valence electrons. The molecule has 1 aromatic heterocycles. The summed E-state index contributed by atoms with van der Waals surface area (Å²) in [7, 11) is 0. The normalized spacial score (nSPS) is 21.4. The molecule has 2 unspecified atom stereocenters. The van der Waals surface area contributed by atoms with Crippen LogP contribution in [-0.2, 0) is 21.8 Å². The molecule has 0 amide bonds. The highest BCUT2D eigenvalue weighted by atomic mass is 19.1. The lowest BCUT2D eigenvalue weighted by Gasteiger charge is -2.28. The van der Waals surface area contributed by atoms with Gasteiger partial charge in [-0.15, -0.1) is 0 Å². The monoisotopic (exact) mass is 401 g/mol. The van der Waals surface area contributed by atoms with Gasteiger partial charge < -0.3 is 14.2 Å². The summed E-state index contributed by atoms with van der Waals surface area (Å²) in [5.74, 6) is -2.01. The Labute approximate surface area is 167 Å². The van der Waals surface area contributed by atoms with Crippen molar-refractivity contribution in [2.24, 2.45) is 0 Å². The molecule has 0 saturated carbocycles. The van der Waals surface area contributed by atoms with Gasteiger partial charge in [-0.25, -0.2) is 18.4 Å². The molecule has 0 N–H and O–H groups in total. The number of nitrogens with zero attached hydrogens (tertiary/aromatic N) is 3. The first-order chi connectivity index (χ1) is 14.1. The number of ether oxygens (including phenoxy) is 3. The fourth-order valence-electron chi connectivity index (χ4n) is 3.34. The highest BCUT2D eigenvalue weighted by Crippen LogP contribution is 2.38.